The maximum absolute atomic E-state index is 8.65. The molecule has 7 heteroatoms. The van der Waals surface area contributed by atoms with Gasteiger partial charge in [-0.25, -0.2) is 0 Å². The molecule has 0 fully saturated rings. The van der Waals surface area contributed by atoms with E-state index >= 15 is 0 Å². The number of nitrogens with zero attached hydrogens (tertiary/aromatic N) is 2. The van der Waals surface area contributed by atoms with Crippen LogP contribution in [0.4, 0.5) is 5.69 Å². The lowest BCUT2D eigenvalue weighted by atomic mass is 10.3. The van der Waals surface area contributed by atoms with Crippen molar-refractivity contribution in [1.82, 2.24) is 0 Å². The van der Waals surface area contributed by atoms with Gasteiger partial charge in [-0.1, -0.05) is 6.07 Å². The molecule has 0 aliphatic rings. The van der Waals surface area contributed by atoms with E-state index in [4.69, 9.17) is 26.2 Å². The monoisotopic (exact) mass is 247 g/mol. The Kier molecular flexibility index (Phi) is 5.15. The average molecular weight is 247 g/mol. The van der Waals surface area contributed by atoms with Crippen molar-refractivity contribution >= 4 is 17.2 Å². The van der Waals surface area contributed by atoms with Gasteiger partial charge in [0.25, 0.3) is 0 Å². The van der Waals surface area contributed by atoms with E-state index < -0.39 is 5.84 Å². The van der Waals surface area contributed by atoms with Crippen LogP contribution in [0.2, 0.25) is 0 Å². The number of aliphatic hydroxyl groups is 1. The zero-order valence-electron chi connectivity index (χ0n) is 9.55. The Morgan fingerprint density at radius 1 is 1.61 bits per heavy atom. The predicted octanol–water partition coefficient (Wildman–Crippen LogP) is 0.285. The first-order chi connectivity index (χ1) is 8.67. The lowest BCUT2D eigenvalue weighted by molar-refractivity contribution is 0.201. The first-order valence-corrected chi connectivity index (χ1v) is 5.09. The predicted molar refractivity (Wildman–Crippen MR) is 67.6 cm³/mol. The topological polar surface area (TPSA) is 128 Å². The molecule has 0 saturated heterocycles. The fraction of sp³-hybridized carbons (Fsp3) is 0.182. The van der Waals surface area contributed by atoms with E-state index in [1.807, 2.05) is 0 Å². The molecule has 1 aromatic rings. The first-order valence-electron chi connectivity index (χ1n) is 5.09. The van der Waals surface area contributed by atoms with Crippen molar-refractivity contribution in [2.75, 3.05) is 18.6 Å². The van der Waals surface area contributed by atoms with Crippen LogP contribution in [0.25, 0.3) is 0 Å². The molecule has 18 heavy (non-hydrogen) atoms. The summed E-state index contributed by atoms with van der Waals surface area (Å²) in [6.07, 6.45) is 0. The molecule has 1 rings (SSSR count). The van der Waals surface area contributed by atoms with Crippen LogP contribution in [-0.4, -0.2) is 29.9 Å². The lowest BCUT2D eigenvalue weighted by Gasteiger charge is -2.06. The van der Waals surface area contributed by atoms with Gasteiger partial charge in [0.05, 0.1) is 12.3 Å². The van der Waals surface area contributed by atoms with Crippen LogP contribution in [0.3, 0.4) is 0 Å². The van der Waals surface area contributed by atoms with Crippen LogP contribution in [0.15, 0.2) is 29.4 Å². The van der Waals surface area contributed by atoms with E-state index in [1.54, 1.807) is 30.3 Å². The van der Waals surface area contributed by atoms with Crippen LogP contribution >= 0.6 is 0 Å². The molecule has 94 valence electrons. The van der Waals surface area contributed by atoms with Crippen LogP contribution in [0.1, 0.15) is 0 Å². The van der Waals surface area contributed by atoms with Crippen molar-refractivity contribution in [3.05, 3.63) is 24.3 Å². The van der Waals surface area contributed by atoms with Gasteiger partial charge >= 0.3 is 0 Å². The number of benzene rings is 1. The van der Waals surface area contributed by atoms with Crippen molar-refractivity contribution in [2.45, 2.75) is 0 Å². The Morgan fingerprint density at radius 3 is 3.00 bits per heavy atom. The molecule has 1 aromatic carbocycles. The standard InChI is InChI=1S/C11H13N5O2/c12-7-10(11(13)14)16-15-8-2-1-3-9(6-8)18-5-4-17/h1-3,6,15,17H,4-5H2,(H3,13,14)/b16-10+. The van der Waals surface area contributed by atoms with Gasteiger partial charge in [-0.2, -0.15) is 10.4 Å². The second-order valence-corrected chi connectivity index (χ2v) is 3.20. The Labute approximate surface area is 104 Å². The molecule has 0 bridgehead atoms. The fourth-order valence-corrected chi connectivity index (χ4v) is 1.08. The minimum atomic E-state index is -0.405. The number of nitriles is 1. The molecule has 0 amide bonds. The number of amidine groups is 1. The highest BCUT2D eigenvalue weighted by Crippen LogP contribution is 2.17. The summed E-state index contributed by atoms with van der Waals surface area (Å²) in [6, 6.07) is 8.50. The highest BCUT2D eigenvalue weighted by molar-refractivity contribution is 6.45. The molecule has 0 saturated carbocycles. The lowest BCUT2D eigenvalue weighted by Crippen LogP contribution is -2.21. The molecule has 0 atom stereocenters. The number of anilines is 1. The van der Waals surface area contributed by atoms with Gasteiger partial charge in [0.1, 0.15) is 18.4 Å². The second-order valence-electron chi connectivity index (χ2n) is 3.20. The summed E-state index contributed by atoms with van der Waals surface area (Å²) in [5, 5.41) is 28.0. The molecule has 0 aliphatic carbocycles. The Hall–Kier alpha value is -2.59. The summed E-state index contributed by atoms with van der Waals surface area (Å²) in [5.74, 6) is 0.156. The number of hydrogen-bond donors (Lipinski definition) is 4. The maximum atomic E-state index is 8.65. The molecule has 0 aliphatic heterocycles. The molecule has 5 N–H and O–H groups in total. The number of rotatable bonds is 6. The highest BCUT2D eigenvalue weighted by atomic mass is 16.5. The fourth-order valence-electron chi connectivity index (χ4n) is 1.08. The van der Waals surface area contributed by atoms with Crippen molar-refractivity contribution in [3.63, 3.8) is 0 Å². The number of hydrazone groups is 1. The summed E-state index contributed by atoms with van der Waals surface area (Å²) in [5.41, 5.74) is 8.13. The quantitative estimate of drug-likeness (QED) is 0.326. The van der Waals surface area contributed by atoms with Gasteiger partial charge in [-0.05, 0) is 12.1 Å². The van der Waals surface area contributed by atoms with Crippen LogP contribution < -0.4 is 15.9 Å². The number of nitrogens with one attached hydrogen (secondary N) is 2. The normalized spacial score (nSPS) is 10.6. The molecule has 0 unspecified atom stereocenters. The van der Waals surface area contributed by atoms with Crippen LogP contribution in [0, 0.1) is 16.7 Å². The van der Waals surface area contributed by atoms with Gasteiger partial charge in [0.15, 0.2) is 5.84 Å². The summed E-state index contributed by atoms with van der Waals surface area (Å²) in [4.78, 5) is 0. The van der Waals surface area contributed by atoms with Gasteiger partial charge in [0, 0.05) is 6.07 Å². The van der Waals surface area contributed by atoms with E-state index in [1.165, 1.54) is 0 Å². The second kappa shape index (κ2) is 6.88. The molecule has 0 aromatic heterocycles. The van der Waals surface area contributed by atoms with Crippen LogP contribution in [0.5, 0.6) is 5.75 Å². The third-order valence-corrected chi connectivity index (χ3v) is 1.85. The van der Waals surface area contributed by atoms with Gasteiger partial charge in [0.2, 0.25) is 5.71 Å². The Morgan fingerprint density at radius 2 is 2.39 bits per heavy atom. The average Bonchev–Trinajstić information content (AvgIpc) is 2.37. The van der Waals surface area contributed by atoms with Crippen molar-refractivity contribution in [2.24, 2.45) is 10.8 Å². The summed E-state index contributed by atoms with van der Waals surface area (Å²) in [6.45, 7) is 0.127. The Balaban J connectivity index is 2.73. The molecule has 0 spiro atoms. The molecule has 0 heterocycles. The largest absolute Gasteiger partial charge is 0.491 e. The molecule has 0 radical (unpaired) electrons. The third-order valence-electron chi connectivity index (χ3n) is 1.85. The van der Waals surface area contributed by atoms with Gasteiger partial charge < -0.3 is 15.6 Å². The summed E-state index contributed by atoms with van der Waals surface area (Å²) in [7, 11) is 0. The third kappa shape index (κ3) is 4.11. The molecule has 7 nitrogen and oxygen atoms in total. The SMILES string of the molecule is N#C/C(=N\Nc1cccc(OCCO)c1)C(=N)N. The zero-order chi connectivity index (χ0) is 13.4. The van der Waals surface area contributed by atoms with Crippen molar-refractivity contribution < 1.29 is 9.84 Å². The van der Waals surface area contributed by atoms with E-state index in [-0.39, 0.29) is 18.9 Å². The first kappa shape index (κ1) is 13.5. The van der Waals surface area contributed by atoms with E-state index in [9.17, 15) is 0 Å². The van der Waals surface area contributed by atoms with E-state index in [2.05, 4.69) is 10.5 Å². The van der Waals surface area contributed by atoms with Crippen molar-refractivity contribution in [3.8, 4) is 11.8 Å². The zero-order valence-corrected chi connectivity index (χ0v) is 9.55. The number of ether oxygens (including phenoxy) is 1. The van der Waals surface area contributed by atoms with E-state index in [0.29, 0.717) is 11.4 Å². The highest BCUT2D eigenvalue weighted by Gasteiger charge is 2.01. The minimum Gasteiger partial charge on any atom is -0.491 e. The number of aliphatic hydroxyl groups excluding tert-OH is 1. The van der Waals surface area contributed by atoms with Crippen LogP contribution in [-0.2, 0) is 0 Å². The molecular weight excluding hydrogens is 234 g/mol. The summed E-state index contributed by atoms with van der Waals surface area (Å²) >= 11 is 0. The van der Waals surface area contributed by atoms with Crippen molar-refractivity contribution in [1.29, 1.82) is 10.7 Å². The summed E-state index contributed by atoms with van der Waals surface area (Å²) < 4.78 is 5.21. The van der Waals surface area contributed by atoms with Gasteiger partial charge in [-0.15, -0.1) is 0 Å². The van der Waals surface area contributed by atoms with E-state index in [0.717, 1.165) is 0 Å². The number of nitrogens with two attached hydrogens (primary N) is 1. The maximum Gasteiger partial charge on any atom is 0.201 e. The smallest absolute Gasteiger partial charge is 0.201 e. The number of hydrogen-bond acceptors (Lipinski definition) is 6. The Bertz CT molecular complexity index is 492. The minimum absolute atomic E-state index is 0.0707. The van der Waals surface area contributed by atoms with Gasteiger partial charge in [-0.3, -0.25) is 10.8 Å². The molecular formula is C11H13N5O2.